The Morgan fingerprint density at radius 1 is 1.24 bits per heavy atom. The fourth-order valence-electron chi connectivity index (χ4n) is 2.15. The van der Waals surface area contributed by atoms with Crippen molar-refractivity contribution in [3.8, 4) is 0 Å². The summed E-state index contributed by atoms with van der Waals surface area (Å²) < 4.78 is 0. The van der Waals surface area contributed by atoms with Crippen LogP contribution in [0.5, 0.6) is 0 Å². The van der Waals surface area contributed by atoms with Crippen LogP contribution in [0.3, 0.4) is 0 Å². The van der Waals surface area contributed by atoms with Gasteiger partial charge in [0.15, 0.2) is 0 Å². The summed E-state index contributed by atoms with van der Waals surface area (Å²) in [5.41, 5.74) is 8.51. The minimum atomic E-state index is 0.0866. The van der Waals surface area contributed by atoms with Crippen molar-refractivity contribution in [3.63, 3.8) is 0 Å². The van der Waals surface area contributed by atoms with Crippen LogP contribution in [-0.4, -0.2) is 4.98 Å². The van der Waals surface area contributed by atoms with Crippen LogP contribution in [0.15, 0.2) is 36.5 Å². The second-order valence-electron chi connectivity index (χ2n) is 4.78. The van der Waals surface area contributed by atoms with E-state index in [4.69, 9.17) is 5.73 Å². The van der Waals surface area contributed by atoms with E-state index in [1.54, 1.807) is 0 Å². The number of hydrogen-bond acceptors (Lipinski definition) is 2. The Balaban J connectivity index is 2.34. The first kappa shape index (κ1) is 12.1. The Labute approximate surface area is 103 Å². The van der Waals surface area contributed by atoms with Crippen LogP contribution in [0.1, 0.15) is 38.3 Å². The molecule has 2 heteroatoms. The van der Waals surface area contributed by atoms with E-state index < -0.39 is 0 Å². The Bertz CT molecular complexity index is 488. The van der Waals surface area contributed by atoms with Gasteiger partial charge in [-0.3, -0.25) is 4.98 Å². The summed E-state index contributed by atoms with van der Waals surface area (Å²) in [4.78, 5) is 4.46. The Morgan fingerprint density at radius 2 is 2.00 bits per heavy atom. The Morgan fingerprint density at radius 3 is 2.76 bits per heavy atom. The van der Waals surface area contributed by atoms with Crippen LogP contribution >= 0.6 is 0 Å². The van der Waals surface area contributed by atoms with E-state index >= 15 is 0 Å². The lowest BCUT2D eigenvalue weighted by Crippen LogP contribution is -2.14. The van der Waals surface area contributed by atoms with Gasteiger partial charge in [-0.2, -0.15) is 0 Å². The number of fused-ring (bicyclic) bond motifs is 1. The van der Waals surface area contributed by atoms with Gasteiger partial charge in [0.1, 0.15) is 0 Å². The van der Waals surface area contributed by atoms with Crippen molar-refractivity contribution in [3.05, 3.63) is 42.1 Å². The standard InChI is InChI=1S/C15H20N2/c1-3-11(2)10-14(16)13-8-4-6-12-7-5-9-17-15(12)13/h4-9,11,14H,3,10,16H2,1-2H3. The smallest absolute Gasteiger partial charge is 0.0749 e. The molecule has 1 heterocycles. The first-order chi connectivity index (χ1) is 8.22. The highest BCUT2D eigenvalue weighted by Crippen LogP contribution is 2.26. The minimum Gasteiger partial charge on any atom is -0.324 e. The zero-order valence-corrected chi connectivity index (χ0v) is 10.6. The molecule has 0 aliphatic rings. The predicted molar refractivity (Wildman–Crippen MR) is 72.7 cm³/mol. The summed E-state index contributed by atoms with van der Waals surface area (Å²) in [6, 6.07) is 10.4. The fourth-order valence-corrected chi connectivity index (χ4v) is 2.15. The lowest BCUT2D eigenvalue weighted by Gasteiger charge is -2.17. The molecule has 2 rings (SSSR count). The van der Waals surface area contributed by atoms with Crippen LogP contribution in [-0.2, 0) is 0 Å². The van der Waals surface area contributed by atoms with Crippen molar-refractivity contribution >= 4 is 10.9 Å². The first-order valence-electron chi connectivity index (χ1n) is 6.31. The highest BCUT2D eigenvalue weighted by atomic mass is 14.7. The summed E-state index contributed by atoms with van der Waals surface area (Å²) in [5.74, 6) is 0.656. The normalized spacial score (nSPS) is 14.8. The summed E-state index contributed by atoms with van der Waals surface area (Å²) in [6.07, 6.45) is 4.03. The van der Waals surface area contributed by atoms with Crippen molar-refractivity contribution in [2.24, 2.45) is 11.7 Å². The van der Waals surface area contributed by atoms with Crippen molar-refractivity contribution in [1.82, 2.24) is 4.98 Å². The van der Waals surface area contributed by atoms with Gasteiger partial charge in [0.05, 0.1) is 5.52 Å². The molecule has 90 valence electrons. The van der Waals surface area contributed by atoms with Crippen molar-refractivity contribution in [1.29, 1.82) is 0 Å². The third-order valence-electron chi connectivity index (χ3n) is 3.42. The van der Waals surface area contributed by atoms with E-state index in [1.165, 1.54) is 17.4 Å². The van der Waals surface area contributed by atoms with Crippen LogP contribution in [0.2, 0.25) is 0 Å². The molecule has 1 aromatic heterocycles. The minimum absolute atomic E-state index is 0.0866. The molecule has 2 nitrogen and oxygen atoms in total. The summed E-state index contributed by atoms with van der Waals surface area (Å²) in [7, 11) is 0. The maximum absolute atomic E-state index is 6.30. The van der Waals surface area contributed by atoms with Gasteiger partial charge in [0.2, 0.25) is 0 Å². The predicted octanol–water partition coefficient (Wildman–Crippen LogP) is 3.67. The second kappa shape index (κ2) is 5.28. The molecular formula is C15H20N2. The third-order valence-corrected chi connectivity index (χ3v) is 3.42. The monoisotopic (exact) mass is 228 g/mol. The van der Waals surface area contributed by atoms with E-state index in [9.17, 15) is 0 Å². The number of aromatic nitrogens is 1. The zero-order chi connectivity index (χ0) is 12.3. The number of rotatable bonds is 4. The maximum atomic E-state index is 6.30. The molecule has 0 fully saturated rings. The van der Waals surface area contributed by atoms with Crippen LogP contribution in [0.4, 0.5) is 0 Å². The Hall–Kier alpha value is -1.41. The fraction of sp³-hybridized carbons (Fsp3) is 0.400. The molecule has 0 aliphatic carbocycles. The van der Waals surface area contributed by atoms with Gasteiger partial charge < -0.3 is 5.73 Å². The summed E-state index contributed by atoms with van der Waals surface area (Å²) in [6.45, 7) is 4.46. The molecule has 2 unspecified atom stereocenters. The van der Waals surface area contributed by atoms with Gasteiger partial charge in [-0.25, -0.2) is 0 Å². The molecule has 2 aromatic rings. The lowest BCUT2D eigenvalue weighted by atomic mass is 9.93. The number of para-hydroxylation sites is 1. The quantitative estimate of drug-likeness (QED) is 0.867. The maximum Gasteiger partial charge on any atom is 0.0749 e. The summed E-state index contributed by atoms with van der Waals surface area (Å²) >= 11 is 0. The van der Waals surface area contributed by atoms with Crippen molar-refractivity contribution in [2.75, 3.05) is 0 Å². The lowest BCUT2D eigenvalue weighted by molar-refractivity contribution is 0.462. The number of nitrogens with two attached hydrogens (primary N) is 1. The van der Waals surface area contributed by atoms with E-state index in [-0.39, 0.29) is 6.04 Å². The Kier molecular flexibility index (Phi) is 3.75. The number of pyridine rings is 1. The third kappa shape index (κ3) is 2.64. The number of benzene rings is 1. The van der Waals surface area contributed by atoms with Gasteiger partial charge in [-0.1, -0.05) is 44.5 Å². The average Bonchev–Trinajstić information content (AvgIpc) is 2.37. The van der Waals surface area contributed by atoms with Crippen molar-refractivity contribution < 1.29 is 0 Å². The number of nitrogens with zero attached hydrogens (tertiary/aromatic N) is 1. The molecule has 0 spiro atoms. The second-order valence-corrected chi connectivity index (χ2v) is 4.78. The molecule has 0 radical (unpaired) electrons. The van der Waals surface area contributed by atoms with Gasteiger partial charge in [-0.15, -0.1) is 0 Å². The highest BCUT2D eigenvalue weighted by molar-refractivity contribution is 5.81. The van der Waals surface area contributed by atoms with Gasteiger partial charge in [-0.05, 0) is 24.0 Å². The molecule has 2 N–H and O–H groups in total. The molecule has 0 amide bonds. The van der Waals surface area contributed by atoms with Crippen molar-refractivity contribution in [2.45, 2.75) is 32.7 Å². The molecule has 0 bridgehead atoms. The molecular weight excluding hydrogens is 208 g/mol. The highest BCUT2D eigenvalue weighted by Gasteiger charge is 2.13. The summed E-state index contributed by atoms with van der Waals surface area (Å²) in [5, 5.41) is 1.17. The first-order valence-corrected chi connectivity index (χ1v) is 6.31. The molecule has 17 heavy (non-hydrogen) atoms. The van der Waals surface area contributed by atoms with Crippen LogP contribution < -0.4 is 5.73 Å². The molecule has 0 aliphatic heterocycles. The largest absolute Gasteiger partial charge is 0.324 e. The van der Waals surface area contributed by atoms with Gasteiger partial charge in [0, 0.05) is 17.6 Å². The van der Waals surface area contributed by atoms with Crippen LogP contribution in [0, 0.1) is 5.92 Å². The topological polar surface area (TPSA) is 38.9 Å². The van der Waals surface area contributed by atoms with E-state index in [0.29, 0.717) is 5.92 Å². The van der Waals surface area contributed by atoms with E-state index in [1.807, 2.05) is 12.3 Å². The average molecular weight is 228 g/mol. The molecule has 1 aromatic carbocycles. The molecule has 0 saturated carbocycles. The SMILES string of the molecule is CCC(C)CC(N)c1cccc2cccnc12. The molecule has 2 atom stereocenters. The zero-order valence-electron chi connectivity index (χ0n) is 10.6. The number of hydrogen-bond donors (Lipinski definition) is 1. The van der Waals surface area contributed by atoms with E-state index in [0.717, 1.165) is 11.9 Å². The van der Waals surface area contributed by atoms with Gasteiger partial charge >= 0.3 is 0 Å². The van der Waals surface area contributed by atoms with E-state index in [2.05, 4.69) is 43.1 Å². The van der Waals surface area contributed by atoms with Gasteiger partial charge in [0.25, 0.3) is 0 Å². The van der Waals surface area contributed by atoms with Crippen LogP contribution in [0.25, 0.3) is 10.9 Å². The molecule has 0 saturated heterocycles.